The lowest BCUT2D eigenvalue weighted by Crippen LogP contribution is -2.36. The number of ether oxygens (including phenoxy) is 1. The summed E-state index contributed by atoms with van der Waals surface area (Å²) < 4.78 is 7.69. The molecule has 0 radical (unpaired) electrons. The lowest BCUT2D eigenvalue weighted by Gasteiger charge is -2.32. The number of nitrogens with zero attached hydrogens (tertiary/aromatic N) is 2. The van der Waals surface area contributed by atoms with Gasteiger partial charge in [-0.3, -0.25) is 0 Å². The van der Waals surface area contributed by atoms with E-state index >= 15 is 0 Å². The summed E-state index contributed by atoms with van der Waals surface area (Å²) in [7, 11) is 1.77. The maximum absolute atomic E-state index is 5.38. The summed E-state index contributed by atoms with van der Waals surface area (Å²) in [6, 6.07) is 1.40. The van der Waals surface area contributed by atoms with E-state index in [1.54, 1.807) is 7.11 Å². The maximum Gasteiger partial charge on any atom is 0.0952 e. The van der Waals surface area contributed by atoms with Crippen LogP contribution in [0.4, 0.5) is 0 Å². The predicted molar refractivity (Wildman–Crippen MR) is 77.2 cm³/mol. The topological polar surface area (TPSA) is 39.1 Å². The van der Waals surface area contributed by atoms with Crippen LogP contribution in [0.25, 0.3) is 0 Å². The lowest BCUT2D eigenvalue weighted by atomic mass is 9.96. The normalized spacial score (nSPS) is 25.7. The first-order valence-corrected chi connectivity index (χ1v) is 7.40. The maximum atomic E-state index is 5.38. The highest BCUT2D eigenvalue weighted by atomic mass is 16.5. The Morgan fingerprint density at radius 3 is 2.89 bits per heavy atom. The van der Waals surface area contributed by atoms with Crippen LogP contribution in [0.15, 0.2) is 12.5 Å². The van der Waals surface area contributed by atoms with Crippen LogP contribution < -0.4 is 5.32 Å². The van der Waals surface area contributed by atoms with Crippen molar-refractivity contribution in [2.45, 2.75) is 58.2 Å². The Hall–Kier alpha value is -0.870. The van der Waals surface area contributed by atoms with Gasteiger partial charge in [0.05, 0.1) is 24.7 Å². The number of aromatic nitrogens is 2. The van der Waals surface area contributed by atoms with Crippen molar-refractivity contribution in [2.75, 3.05) is 13.7 Å². The highest BCUT2D eigenvalue weighted by Crippen LogP contribution is 2.29. The number of rotatable bonds is 5. The molecule has 1 fully saturated rings. The van der Waals surface area contributed by atoms with E-state index in [0.29, 0.717) is 24.0 Å². The molecule has 1 aliphatic rings. The Bertz CT molecular complexity index is 388. The van der Waals surface area contributed by atoms with Gasteiger partial charge in [-0.25, -0.2) is 4.98 Å². The molecule has 4 nitrogen and oxygen atoms in total. The molecule has 2 rings (SSSR count). The summed E-state index contributed by atoms with van der Waals surface area (Å²) in [5, 5.41) is 3.69. The van der Waals surface area contributed by atoms with Crippen molar-refractivity contribution in [2.24, 2.45) is 5.92 Å². The SMILES string of the molecule is COCC(C(C)C)n1cncc1C1CCCC(C)N1. The van der Waals surface area contributed by atoms with E-state index in [1.165, 1.54) is 25.0 Å². The van der Waals surface area contributed by atoms with Crippen LogP contribution in [0.1, 0.15) is 57.8 Å². The minimum Gasteiger partial charge on any atom is -0.383 e. The van der Waals surface area contributed by atoms with E-state index in [0.717, 1.165) is 6.61 Å². The first-order chi connectivity index (χ1) is 9.13. The zero-order valence-electron chi connectivity index (χ0n) is 12.6. The third-order valence-corrected chi connectivity index (χ3v) is 4.13. The Morgan fingerprint density at radius 2 is 2.26 bits per heavy atom. The van der Waals surface area contributed by atoms with Gasteiger partial charge in [0.2, 0.25) is 0 Å². The van der Waals surface area contributed by atoms with Crippen molar-refractivity contribution >= 4 is 0 Å². The van der Waals surface area contributed by atoms with Crippen LogP contribution in [0.2, 0.25) is 0 Å². The molecule has 3 unspecified atom stereocenters. The van der Waals surface area contributed by atoms with Gasteiger partial charge < -0.3 is 14.6 Å². The van der Waals surface area contributed by atoms with Crippen LogP contribution in [-0.2, 0) is 4.74 Å². The number of hydrogen-bond donors (Lipinski definition) is 1. The number of hydrogen-bond acceptors (Lipinski definition) is 3. The van der Waals surface area contributed by atoms with Crippen molar-refractivity contribution in [1.82, 2.24) is 14.9 Å². The highest BCUT2D eigenvalue weighted by molar-refractivity contribution is 5.09. The molecular formula is C15H27N3O. The Kier molecular flexibility index (Phi) is 4.99. The van der Waals surface area contributed by atoms with Gasteiger partial charge in [0, 0.05) is 25.4 Å². The highest BCUT2D eigenvalue weighted by Gasteiger charge is 2.25. The van der Waals surface area contributed by atoms with Crippen molar-refractivity contribution in [3.8, 4) is 0 Å². The Morgan fingerprint density at radius 1 is 1.47 bits per heavy atom. The summed E-state index contributed by atoms with van der Waals surface area (Å²) in [5.74, 6) is 0.536. The Balaban J connectivity index is 2.20. The number of piperidine rings is 1. The molecule has 0 aliphatic carbocycles. The summed E-state index contributed by atoms with van der Waals surface area (Å²) in [4.78, 5) is 4.38. The minimum atomic E-state index is 0.363. The van der Waals surface area contributed by atoms with Crippen LogP contribution in [0.5, 0.6) is 0 Å². The summed E-state index contributed by atoms with van der Waals surface area (Å²) >= 11 is 0. The van der Waals surface area contributed by atoms with Gasteiger partial charge >= 0.3 is 0 Å². The van der Waals surface area contributed by atoms with E-state index in [4.69, 9.17) is 4.74 Å². The molecule has 4 heteroatoms. The molecule has 1 N–H and O–H groups in total. The van der Waals surface area contributed by atoms with Gasteiger partial charge in [0.1, 0.15) is 0 Å². The second-order valence-corrected chi connectivity index (χ2v) is 6.04. The smallest absolute Gasteiger partial charge is 0.0952 e. The molecule has 1 aromatic heterocycles. The molecule has 1 aliphatic heterocycles. The molecule has 0 aromatic carbocycles. The molecule has 19 heavy (non-hydrogen) atoms. The fourth-order valence-corrected chi connectivity index (χ4v) is 3.00. The van der Waals surface area contributed by atoms with Crippen molar-refractivity contribution in [3.05, 3.63) is 18.2 Å². The fraction of sp³-hybridized carbons (Fsp3) is 0.800. The quantitative estimate of drug-likeness (QED) is 0.889. The van der Waals surface area contributed by atoms with Gasteiger partial charge in [-0.2, -0.15) is 0 Å². The molecule has 0 bridgehead atoms. The van der Waals surface area contributed by atoms with Gasteiger partial charge in [-0.05, 0) is 32.1 Å². The van der Waals surface area contributed by atoms with E-state index in [1.807, 2.05) is 12.5 Å². The molecule has 3 atom stereocenters. The lowest BCUT2D eigenvalue weighted by molar-refractivity contribution is 0.130. The standard InChI is InChI=1S/C15H27N3O/c1-11(2)15(9-19-4)18-10-16-8-14(18)13-7-5-6-12(3)17-13/h8,10-13,15,17H,5-7,9H2,1-4H3. The molecule has 2 heterocycles. The van der Waals surface area contributed by atoms with Crippen LogP contribution >= 0.6 is 0 Å². The summed E-state index contributed by atoms with van der Waals surface area (Å²) in [6.45, 7) is 7.49. The monoisotopic (exact) mass is 265 g/mol. The summed E-state index contributed by atoms with van der Waals surface area (Å²) in [6.07, 6.45) is 7.74. The molecule has 108 valence electrons. The van der Waals surface area contributed by atoms with Crippen LogP contribution in [0, 0.1) is 5.92 Å². The molecular weight excluding hydrogens is 238 g/mol. The molecule has 0 amide bonds. The fourth-order valence-electron chi connectivity index (χ4n) is 3.00. The van der Waals surface area contributed by atoms with Crippen LogP contribution in [0.3, 0.4) is 0 Å². The first-order valence-electron chi connectivity index (χ1n) is 7.40. The van der Waals surface area contributed by atoms with E-state index in [-0.39, 0.29) is 0 Å². The van der Waals surface area contributed by atoms with Crippen molar-refractivity contribution in [1.29, 1.82) is 0 Å². The predicted octanol–water partition coefficient (Wildman–Crippen LogP) is 2.93. The molecule has 0 saturated carbocycles. The van der Waals surface area contributed by atoms with Gasteiger partial charge in [0.15, 0.2) is 0 Å². The van der Waals surface area contributed by atoms with Gasteiger partial charge in [-0.15, -0.1) is 0 Å². The van der Waals surface area contributed by atoms with Crippen molar-refractivity contribution < 1.29 is 4.74 Å². The average molecular weight is 265 g/mol. The van der Waals surface area contributed by atoms with E-state index in [2.05, 4.69) is 35.6 Å². The zero-order valence-corrected chi connectivity index (χ0v) is 12.6. The van der Waals surface area contributed by atoms with Crippen molar-refractivity contribution in [3.63, 3.8) is 0 Å². The van der Waals surface area contributed by atoms with Crippen LogP contribution in [-0.4, -0.2) is 29.3 Å². The minimum absolute atomic E-state index is 0.363. The number of methoxy groups -OCH3 is 1. The third kappa shape index (κ3) is 3.37. The summed E-state index contributed by atoms with van der Waals surface area (Å²) in [5.41, 5.74) is 1.31. The second kappa shape index (κ2) is 6.53. The Labute approximate surface area is 116 Å². The van der Waals surface area contributed by atoms with Gasteiger partial charge in [-0.1, -0.05) is 13.8 Å². The van der Waals surface area contributed by atoms with E-state index in [9.17, 15) is 0 Å². The third-order valence-electron chi connectivity index (χ3n) is 4.13. The average Bonchev–Trinajstić information content (AvgIpc) is 2.84. The zero-order chi connectivity index (χ0) is 13.8. The molecule has 1 aromatic rings. The number of nitrogens with one attached hydrogen (secondary N) is 1. The molecule has 1 saturated heterocycles. The first kappa shape index (κ1) is 14.5. The van der Waals surface area contributed by atoms with E-state index < -0.39 is 0 Å². The largest absolute Gasteiger partial charge is 0.383 e. The van der Waals surface area contributed by atoms with Gasteiger partial charge in [0.25, 0.3) is 0 Å². The second-order valence-electron chi connectivity index (χ2n) is 6.04. The molecule has 0 spiro atoms. The number of imidazole rings is 1.